The van der Waals surface area contributed by atoms with Gasteiger partial charge in [0.15, 0.2) is 0 Å². The second-order valence-corrected chi connectivity index (χ2v) is 3.14. The molecule has 0 heterocycles. The zero-order valence-electron chi connectivity index (χ0n) is 7.47. The van der Waals surface area contributed by atoms with E-state index in [2.05, 4.69) is 12.2 Å². The van der Waals surface area contributed by atoms with Crippen molar-refractivity contribution in [1.29, 1.82) is 5.26 Å². The van der Waals surface area contributed by atoms with E-state index in [1.54, 1.807) is 12.1 Å². The summed E-state index contributed by atoms with van der Waals surface area (Å²) in [5.74, 6) is 0. The van der Waals surface area contributed by atoms with Gasteiger partial charge in [-0.25, -0.2) is 0 Å². The summed E-state index contributed by atoms with van der Waals surface area (Å²) in [6, 6.07) is 7.41. The quantitative estimate of drug-likeness (QED) is 0.803. The average Bonchev–Trinajstić information content (AvgIpc) is 2.16. The van der Waals surface area contributed by atoms with Gasteiger partial charge in [-0.2, -0.15) is 5.26 Å². The minimum absolute atomic E-state index is 0.504. The molecule has 1 N–H and O–H groups in total. The largest absolute Gasteiger partial charge is 0.385 e. The molecule has 0 unspecified atom stereocenters. The maximum absolute atomic E-state index is 8.71. The van der Waals surface area contributed by atoms with Gasteiger partial charge in [0.1, 0.15) is 6.07 Å². The van der Waals surface area contributed by atoms with E-state index >= 15 is 0 Å². The van der Waals surface area contributed by atoms with Crippen molar-refractivity contribution < 1.29 is 0 Å². The normalized spacial score (nSPS) is 9.31. The minimum Gasteiger partial charge on any atom is -0.385 e. The van der Waals surface area contributed by atoms with Crippen molar-refractivity contribution in [3.05, 3.63) is 28.8 Å². The molecule has 1 aromatic rings. The molecule has 0 aliphatic rings. The molecule has 0 saturated carbocycles. The number of benzene rings is 1. The second kappa shape index (κ2) is 4.74. The number of nitriles is 1. The van der Waals surface area contributed by atoms with Crippen molar-refractivity contribution >= 4 is 17.3 Å². The Hall–Kier alpha value is -1.20. The molecule has 0 bridgehead atoms. The zero-order valence-corrected chi connectivity index (χ0v) is 8.23. The summed E-state index contributed by atoms with van der Waals surface area (Å²) in [6.45, 7) is 3.00. The molecule has 2 nitrogen and oxygen atoms in total. The Morgan fingerprint density at radius 3 is 2.92 bits per heavy atom. The van der Waals surface area contributed by atoms with E-state index in [1.807, 2.05) is 12.1 Å². The summed E-state index contributed by atoms with van der Waals surface area (Å²) >= 11 is 5.78. The lowest BCUT2D eigenvalue weighted by Crippen LogP contribution is -1.99. The van der Waals surface area contributed by atoms with E-state index in [4.69, 9.17) is 16.9 Å². The maximum atomic E-state index is 8.71. The molecule has 1 rings (SSSR count). The van der Waals surface area contributed by atoms with Gasteiger partial charge in [0.05, 0.1) is 10.6 Å². The molecular formula is C10H11ClN2. The fourth-order valence-corrected chi connectivity index (χ4v) is 1.15. The number of nitrogens with one attached hydrogen (secondary N) is 1. The van der Waals surface area contributed by atoms with Crippen LogP contribution in [0.25, 0.3) is 0 Å². The first-order chi connectivity index (χ1) is 6.27. The Bertz CT molecular complexity index is 328. The predicted octanol–water partition coefficient (Wildman–Crippen LogP) is 3.03. The van der Waals surface area contributed by atoms with Crippen LogP contribution in [0.3, 0.4) is 0 Å². The van der Waals surface area contributed by atoms with E-state index in [-0.39, 0.29) is 0 Å². The highest BCUT2D eigenvalue weighted by Gasteiger charge is 1.99. The highest BCUT2D eigenvalue weighted by Crippen LogP contribution is 2.19. The zero-order chi connectivity index (χ0) is 9.68. The average molecular weight is 195 g/mol. The third-order valence-electron chi connectivity index (χ3n) is 1.67. The topological polar surface area (TPSA) is 35.8 Å². The van der Waals surface area contributed by atoms with Gasteiger partial charge < -0.3 is 5.32 Å². The number of rotatable bonds is 3. The van der Waals surface area contributed by atoms with Gasteiger partial charge >= 0.3 is 0 Å². The van der Waals surface area contributed by atoms with Crippen LogP contribution < -0.4 is 5.32 Å². The Kier molecular flexibility index (Phi) is 3.60. The Morgan fingerprint density at radius 1 is 1.54 bits per heavy atom. The van der Waals surface area contributed by atoms with Gasteiger partial charge in [-0.15, -0.1) is 0 Å². The first-order valence-corrected chi connectivity index (χ1v) is 4.59. The van der Waals surface area contributed by atoms with Crippen LogP contribution >= 0.6 is 11.6 Å². The summed E-state index contributed by atoms with van der Waals surface area (Å²) in [4.78, 5) is 0. The molecule has 0 fully saturated rings. The van der Waals surface area contributed by atoms with Gasteiger partial charge in [0.25, 0.3) is 0 Å². The second-order valence-electron chi connectivity index (χ2n) is 2.73. The van der Waals surface area contributed by atoms with Gasteiger partial charge in [0.2, 0.25) is 0 Å². The minimum atomic E-state index is 0.504. The van der Waals surface area contributed by atoms with Crippen LogP contribution in [0.4, 0.5) is 5.69 Å². The van der Waals surface area contributed by atoms with E-state index in [1.165, 1.54) is 0 Å². The molecule has 0 aliphatic carbocycles. The summed E-state index contributed by atoms with van der Waals surface area (Å²) in [7, 11) is 0. The van der Waals surface area contributed by atoms with Crippen molar-refractivity contribution in [3.63, 3.8) is 0 Å². The van der Waals surface area contributed by atoms with Crippen LogP contribution in [0, 0.1) is 11.3 Å². The van der Waals surface area contributed by atoms with Crippen LogP contribution in [-0.2, 0) is 0 Å². The van der Waals surface area contributed by atoms with Crippen LogP contribution in [0.5, 0.6) is 0 Å². The van der Waals surface area contributed by atoms with Crippen LogP contribution in [0.15, 0.2) is 18.2 Å². The van der Waals surface area contributed by atoms with Gasteiger partial charge in [-0.3, -0.25) is 0 Å². The lowest BCUT2D eigenvalue weighted by Gasteiger charge is -2.04. The maximum Gasteiger partial charge on any atom is 0.101 e. The molecule has 0 saturated heterocycles. The summed E-state index contributed by atoms with van der Waals surface area (Å²) < 4.78 is 0. The number of halogens is 1. The molecule has 1 aromatic carbocycles. The third kappa shape index (κ3) is 2.64. The van der Waals surface area contributed by atoms with Crippen molar-refractivity contribution in [1.82, 2.24) is 0 Å². The van der Waals surface area contributed by atoms with Crippen LogP contribution in [0.1, 0.15) is 18.9 Å². The fourth-order valence-electron chi connectivity index (χ4n) is 0.990. The third-order valence-corrected chi connectivity index (χ3v) is 2.00. The van der Waals surface area contributed by atoms with Gasteiger partial charge in [-0.05, 0) is 24.6 Å². The molecule has 0 amide bonds. The number of hydrogen-bond acceptors (Lipinski definition) is 2. The van der Waals surface area contributed by atoms with Crippen LogP contribution in [0.2, 0.25) is 5.02 Å². The van der Waals surface area contributed by atoms with Crippen molar-refractivity contribution in [2.45, 2.75) is 13.3 Å². The highest BCUT2D eigenvalue weighted by molar-refractivity contribution is 6.31. The molecule has 0 atom stereocenters. The first kappa shape index (κ1) is 9.88. The van der Waals surface area contributed by atoms with Crippen LogP contribution in [-0.4, -0.2) is 6.54 Å². The number of hydrogen-bond donors (Lipinski definition) is 1. The SMILES string of the molecule is CCCNc1ccc(Cl)c(C#N)c1. The Morgan fingerprint density at radius 2 is 2.31 bits per heavy atom. The van der Waals surface area contributed by atoms with E-state index in [0.29, 0.717) is 10.6 Å². The molecule has 68 valence electrons. The molecule has 0 aliphatic heterocycles. The molecule has 0 aromatic heterocycles. The monoisotopic (exact) mass is 194 g/mol. The lowest BCUT2D eigenvalue weighted by molar-refractivity contribution is 0.979. The van der Waals surface area contributed by atoms with Crippen molar-refractivity contribution in [2.75, 3.05) is 11.9 Å². The van der Waals surface area contributed by atoms with E-state index < -0.39 is 0 Å². The number of nitrogens with zero attached hydrogens (tertiary/aromatic N) is 1. The van der Waals surface area contributed by atoms with Crippen molar-refractivity contribution in [3.8, 4) is 6.07 Å². The molecule has 0 spiro atoms. The number of anilines is 1. The highest BCUT2D eigenvalue weighted by atomic mass is 35.5. The Balaban J connectivity index is 2.82. The molecule has 0 radical (unpaired) electrons. The first-order valence-electron chi connectivity index (χ1n) is 4.21. The smallest absolute Gasteiger partial charge is 0.101 e. The molecule has 3 heteroatoms. The summed E-state index contributed by atoms with van der Waals surface area (Å²) in [5, 5.41) is 12.4. The standard InChI is InChI=1S/C10H11ClN2/c1-2-5-13-9-3-4-10(11)8(6-9)7-12/h3-4,6,13H,2,5H2,1H3. The van der Waals surface area contributed by atoms with Gasteiger partial charge in [-0.1, -0.05) is 18.5 Å². The Labute approximate surface area is 83.1 Å². The summed E-state index contributed by atoms with van der Waals surface area (Å²) in [5.41, 5.74) is 1.46. The van der Waals surface area contributed by atoms with E-state index in [9.17, 15) is 0 Å². The molecular weight excluding hydrogens is 184 g/mol. The predicted molar refractivity (Wildman–Crippen MR) is 54.9 cm³/mol. The molecule has 13 heavy (non-hydrogen) atoms. The van der Waals surface area contributed by atoms with Gasteiger partial charge in [0, 0.05) is 12.2 Å². The summed E-state index contributed by atoms with van der Waals surface area (Å²) in [6.07, 6.45) is 1.06. The fraction of sp³-hybridized carbons (Fsp3) is 0.300. The van der Waals surface area contributed by atoms with E-state index in [0.717, 1.165) is 18.7 Å². The van der Waals surface area contributed by atoms with Crippen molar-refractivity contribution in [2.24, 2.45) is 0 Å². The lowest BCUT2D eigenvalue weighted by atomic mass is 10.2.